The van der Waals surface area contributed by atoms with E-state index in [9.17, 15) is 14.7 Å². The highest BCUT2D eigenvalue weighted by Gasteiger charge is 2.65. The molecule has 0 aliphatic heterocycles. The molecular formula is C38H48N2O6. The van der Waals surface area contributed by atoms with E-state index in [0.717, 1.165) is 22.3 Å². The smallest absolute Gasteiger partial charge is 0.408 e. The lowest BCUT2D eigenvalue weighted by Gasteiger charge is -2.41. The number of benzene rings is 3. The Morgan fingerprint density at radius 3 is 2.37 bits per heavy atom. The number of nitrogens with one attached hydrogen (secondary N) is 1. The SMILES string of the molecule is C=CCOc1cccc(CN([C@H](NC(=O)OC(C)(C)C)[C@@H](C)O)C2(c3cccc(C(C)C)c3)CC2C(=O)OCc2ccccc2)c1. The van der Waals surface area contributed by atoms with Crippen LogP contribution in [0.3, 0.4) is 0 Å². The maximum absolute atomic E-state index is 13.9. The summed E-state index contributed by atoms with van der Waals surface area (Å²) in [7, 11) is 0. The van der Waals surface area contributed by atoms with Crippen LogP contribution in [-0.2, 0) is 33.0 Å². The first-order valence-corrected chi connectivity index (χ1v) is 15.9. The summed E-state index contributed by atoms with van der Waals surface area (Å²) in [5, 5.41) is 14.2. The predicted octanol–water partition coefficient (Wildman–Crippen LogP) is 7.07. The number of amides is 1. The summed E-state index contributed by atoms with van der Waals surface area (Å²) in [5.74, 6) is 0.0179. The molecule has 1 aliphatic rings. The number of hydrogen-bond donors (Lipinski definition) is 2. The molecule has 0 radical (unpaired) electrons. The second kappa shape index (κ2) is 15.0. The molecule has 46 heavy (non-hydrogen) atoms. The van der Waals surface area contributed by atoms with Gasteiger partial charge in [-0.15, -0.1) is 0 Å². The standard InChI is InChI=1S/C38H48N2O6/c1-8-20-44-32-19-12-16-29(21-32)24-40(34(27(4)41)39-36(43)46-37(5,6)7)38(31-18-13-17-30(22-31)26(2)3)23-33(38)35(42)45-25-28-14-10-9-11-15-28/h8-19,21-22,26-27,33-34,41H,1,20,23-25H2,2-7H3,(H,39,43)/t27-,33?,34+,38?/m1/s1. The summed E-state index contributed by atoms with van der Waals surface area (Å²) in [4.78, 5) is 29.1. The summed E-state index contributed by atoms with van der Waals surface area (Å²) in [6.45, 7) is 15.8. The zero-order chi connectivity index (χ0) is 33.5. The fourth-order valence-corrected chi connectivity index (χ4v) is 5.79. The van der Waals surface area contributed by atoms with Crippen LogP contribution in [0.25, 0.3) is 0 Å². The highest BCUT2D eigenvalue weighted by Crippen LogP contribution is 2.59. The first kappa shape index (κ1) is 34.7. The monoisotopic (exact) mass is 628 g/mol. The quantitative estimate of drug-likeness (QED) is 0.112. The highest BCUT2D eigenvalue weighted by atomic mass is 16.6. The highest BCUT2D eigenvalue weighted by molar-refractivity contribution is 5.79. The Morgan fingerprint density at radius 1 is 1.02 bits per heavy atom. The van der Waals surface area contributed by atoms with E-state index in [1.807, 2.05) is 71.6 Å². The molecule has 0 bridgehead atoms. The zero-order valence-electron chi connectivity index (χ0n) is 27.9. The van der Waals surface area contributed by atoms with Gasteiger partial charge in [0.05, 0.1) is 17.6 Å². The van der Waals surface area contributed by atoms with Crippen LogP contribution in [0, 0.1) is 5.92 Å². The van der Waals surface area contributed by atoms with Gasteiger partial charge in [0.1, 0.15) is 30.7 Å². The lowest BCUT2D eigenvalue weighted by atomic mass is 9.93. The van der Waals surface area contributed by atoms with Gasteiger partial charge in [-0.05, 0) is 74.4 Å². The van der Waals surface area contributed by atoms with Crippen LogP contribution in [0.5, 0.6) is 5.75 Å². The Hall–Kier alpha value is -4.14. The number of alkyl carbamates (subject to hydrolysis) is 1. The minimum absolute atomic E-state index is 0.150. The molecule has 246 valence electrons. The van der Waals surface area contributed by atoms with Gasteiger partial charge in [0.15, 0.2) is 0 Å². The van der Waals surface area contributed by atoms with Crippen LogP contribution in [0.15, 0.2) is 91.5 Å². The van der Waals surface area contributed by atoms with Crippen molar-refractivity contribution < 1.29 is 28.9 Å². The average Bonchev–Trinajstić information content (AvgIpc) is 3.77. The van der Waals surface area contributed by atoms with Gasteiger partial charge in [-0.3, -0.25) is 9.69 Å². The Morgan fingerprint density at radius 2 is 1.72 bits per heavy atom. The minimum atomic E-state index is -1.03. The molecule has 0 saturated heterocycles. The molecule has 0 spiro atoms. The molecule has 4 rings (SSSR count). The van der Waals surface area contributed by atoms with Crippen molar-refractivity contribution in [1.82, 2.24) is 10.2 Å². The zero-order valence-corrected chi connectivity index (χ0v) is 27.9. The van der Waals surface area contributed by atoms with Crippen LogP contribution in [0.1, 0.15) is 76.1 Å². The molecule has 3 aromatic rings. The molecule has 0 aromatic heterocycles. The Labute approximate surface area is 273 Å². The molecular weight excluding hydrogens is 580 g/mol. The van der Waals surface area contributed by atoms with Crippen molar-refractivity contribution in [3.63, 3.8) is 0 Å². The fraction of sp³-hybridized carbons (Fsp3) is 0.421. The number of aliphatic hydroxyl groups is 1. The maximum Gasteiger partial charge on any atom is 0.408 e. The van der Waals surface area contributed by atoms with E-state index in [1.54, 1.807) is 33.8 Å². The molecule has 1 saturated carbocycles. The van der Waals surface area contributed by atoms with Crippen LogP contribution in [0.4, 0.5) is 4.79 Å². The summed E-state index contributed by atoms with van der Waals surface area (Å²) in [6.07, 6.45) is -0.489. The number of aliphatic hydroxyl groups excluding tert-OH is 1. The molecule has 3 aromatic carbocycles. The van der Waals surface area contributed by atoms with Crippen molar-refractivity contribution in [2.75, 3.05) is 6.61 Å². The first-order valence-electron chi connectivity index (χ1n) is 15.9. The molecule has 1 fully saturated rings. The Balaban J connectivity index is 1.80. The number of nitrogens with zero attached hydrogens (tertiary/aromatic N) is 1. The third-order valence-corrected chi connectivity index (χ3v) is 8.08. The van der Waals surface area contributed by atoms with Gasteiger partial charge >= 0.3 is 12.1 Å². The van der Waals surface area contributed by atoms with Crippen LogP contribution in [-0.4, -0.2) is 46.5 Å². The summed E-state index contributed by atoms with van der Waals surface area (Å²) in [6, 6.07) is 25.4. The van der Waals surface area contributed by atoms with Gasteiger partial charge in [0.2, 0.25) is 0 Å². The number of ether oxygens (including phenoxy) is 3. The summed E-state index contributed by atoms with van der Waals surface area (Å²) >= 11 is 0. The number of carbonyl (C=O) groups is 2. The first-order chi connectivity index (χ1) is 21.8. The second-order valence-electron chi connectivity index (χ2n) is 13.3. The largest absolute Gasteiger partial charge is 0.490 e. The van der Waals surface area contributed by atoms with Crippen molar-refractivity contribution in [3.8, 4) is 5.75 Å². The lowest BCUT2D eigenvalue weighted by Crippen LogP contribution is -2.58. The second-order valence-corrected chi connectivity index (χ2v) is 13.3. The topological polar surface area (TPSA) is 97.3 Å². The molecule has 8 nitrogen and oxygen atoms in total. The summed E-state index contributed by atoms with van der Waals surface area (Å²) < 4.78 is 17.3. The Kier molecular flexibility index (Phi) is 11.3. The van der Waals surface area contributed by atoms with Gasteiger partial charge in [-0.2, -0.15) is 0 Å². The molecule has 1 amide bonds. The van der Waals surface area contributed by atoms with E-state index in [2.05, 4.69) is 37.9 Å². The van der Waals surface area contributed by atoms with Crippen molar-refractivity contribution >= 4 is 12.1 Å². The number of rotatable bonds is 14. The molecule has 1 aliphatic carbocycles. The van der Waals surface area contributed by atoms with Crippen LogP contribution in [0.2, 0.25) is 0 Å². The van der Waals surface area contributed by atoms with Gasteiger partial charge in [0.25, 0.3) is 0 Å². The molecule has 8 heteroatoms. The maximum atomic E-state index is 13.9. The van der Waals surface area contributed by atoms with E-state index in [1.165, 1.54) is 0 Å². The third kappa shape index (κ3) is 8.77. The molecule has 0 heterocycles. The van der Waals surface area contributed by atoms with E-state index in [0.29, 0.717) is 18.8 Å². The Bertz CT molecular complexity index is 1480. The summed E-state index contributed by atoms with van der Waals surface area (Å²) in [5.41, 5.74) is 2.16. The van der Waals surface area contributed by atoms with E-state index in [-0.39, 0.29) is 25.0 Å². The van der Waals surface area contributed by atoms with E-state index >= 15 is 0 Å². The van der Waals surface area contributed by atoms with Gasteiger partial charge < -0.3 is 24.6 Å². The molecule has 2 unspecified atom stereocenters. The normalized spacial score (nSPS) is 18.8. The average molecular weight is 629 g/mol. The number of hydrogen-bond acceptors (Lipinski definition) is 7. The molecule has 4 atom stereocenters. The van der Waals surface area contributed by atoms with Crippen LogP contribution >= 0.6 is 0 Å². The number of carbonyl (C=O) groups excluding carboxylic acids is 2. The minimum Gasteiger partial charge on any atom is -0.490 e. The van der Waals surface area contributed by atoms with Crippen molar-refractivity contribution in [3.05, 3.63) is 114 Å². The predicted molar refractivity (Wildman–Crippen MR) is 179 cm³/mol. The van der Waals surface area contributed by atoms with E-state index in [4.69, 9.17) is 14.2 Å². The molecule has 2 N–H and O–H groups in total. The van der Waals surface area contributed by atoms with Crippen molar-refractivity contribution in [2.45, 2.75) is 90.4 Å². The fourth-order valence-electron chi connectivity index (χ4n) is 5.79. The van der Waals surface area contributed by atoms with Crippen molar-refractivity contribution in [1.29, 1.82) is 0 Å². The lowest BCUT2D eigenvalue weighted by molar-refractivity contribution is -0.148. The van der Waals surface area contributed by atoms with Crippen molar-refractivity contribution in [2.24, 2.45) is 5.92 Å². The third-order valence-electron chi connectivity index (χ3n) is 8.08. The van der Waals surface area contributed by atoms with Crippen LogP contribution < -0.4 is 10.1 Å². The van der Waals surface area contributed by atoms with Gasteiger partial charge in [-0.1, -0.05) is 93.2 Å². The van der Waals surface area contributed by atoms with E-state index < -0.39 is 35.4 Å². The van der Waals surface area contributed by atoms with Gasteiger partial charge in [-0.25, -0.2) is 4.79 Å². The van der Waals surface area contributed by atoms with Gasteiger partial charge in [0, 0.05) is 6.54 Å². The number of esters is 1.